The first-order valence-corrected chi connectivity index (χ1v) is 6.90. The van der Waals surface area contributed by atoms with Crippen LogP contribution >= 0.6 is 0 Å². The summed E-state index contributed by atoms with van der Waals surface area (Å²) in [7, 11) is 3.64. The molecule has 0 unspecified atom stereocenters. The number of aliphatic hydroxyl groups excluding tert-OH is 1. The third kappa shape index (κ3) is 3.74. The number of nitrogens with zero attached hydrogens (tertiary/aromatic N) is 1. The van der Waals surface area contributed by atoms with Crippen molar-refractivity contribution in [3.8, 4) is 0 Å². The average molecular weight is 305 g/mol. The number of rotatable bonds is 2. The van der Waals surface area contributed by atoms with Gasteiger partial charge in [-0.1, -0.05) is 0 Å². The lowest BCUT2D eigenvalue weighted by molar-refractivity contribution is -0.137. The van der Waals surface area contributed by atoms with E-state index in [4.69, 9.17) is 0 Å². The molecule has 2 rings (SSSR count). The van der Waals surface area contributed by atoms with Crippen LogP contribution < -0.4 is 0 Å². The van der Waals surface area contributed by atoms with Gasteiger partial charge in [0.1, 0.15) is 5.82 Å². The van der Waals surface area contributed by atoms with Crippen molar-refractivity contribution < 1.29 is 22.7 Å². The molecular weight excluding hydrogens is 286 g/mol. The Bertz CT molecular complexity index is 501. The first kappa shape index (κ1) is 16.2. The second kappa shape index (κ2) is 5.93. The van der Waals surface area contributed by atoms with Crippen molar-refractivity contribution in [2.75, 3.05) is 14.1 Å². The van der Waals surface area contributed by atoms with E-state index >= 15 is 0 Å². The Morgan fingerprint density at radius 3 is 2.38 bits per heavy atom. The Kier molecular flexibility index (Phi) is 4.58. The summed E-state index contributed by atoms with van der Waals surface area (Å²) in [6, 6.07) is 2.59. The van der Waals surface area contributed by atoms with E-state index in [1.54, 1.807) is 0 Å². The summed E-state index contributed by atoms with van der Waals surface area (Å²) >= 11 is 0. The van der Waals surface area contributed by atoms with E-state index in [2.05, 4.69) is 0 Å². The van der Waals surface area contributed by atoms with Crippen LogP contribution in [0.15, 0.2) is 18.2 Å². The van der Waals surface area contributed by atoms with Gasteiger partial charge in [-0.3, -0.25) is 0 Å². The highest BCUT2D eigenvalue weighted by Gasteiger charge is 2.35. The normalized spacial score (nSPS) is 27.1. The van der Waals surface area contributed by atoms with Crippen molar-refractivity contribution in [3.63, 3.8) is 0 Å². The van der Waals surface area contributed by atoms with Gasteiger partial charge in [-0.25, -0.2) is 4.39 Å². The van der Waals surface area contributed by atoms with Crippen LogP contribution in [0.2, 0.25) is 0 Å². The fraction of sp³-hybridized carbons (Fsp3) is 0.600. The van der Waals surface area contributed by atoms with Gasteiger partial charge in [0.05, 0.1) is 11.7 Å². The van der Waals surface area contributed by atoms with Crippen LogP contribution in [0.4, 0.5) is 17.6 Å². The summed E-state index contributed by atoms with van der Waals surface area (Å²) in [5.41, 5.74) is -0.592. The molecule has 1 aromatic rings. The average Bonchev–Trinajstić information content (AvgIpc) is 2.37. The molecule has 1 aliphatic rings. The van der Waals surface area contributed by atoms with Crippen LogP contribution in [0.25, 0.3) is 0 Å². The van der Waals surface area contributed by atoms with Gasteiger partial charge in [-0.05, 0) is 63.0 Å². The Morgan fingerprint density at radius 1 is 1.14 bits per heavy atom. The summed E-state index contributed by atoms with van der Waals surface area (Å²) in [6.07, 6.45) is -3.45. The molecular formula is C15H19F4NO. The van der Waals surface area contributed by atoms with Crippen LogP contribution in [-0.4, -0.2) is 36.2 Å². The highest BCUT2D eigenvalue weighted by atomic mass is 19.4. The summed E-state index contributed by atoms with van der Waals surface area (Å²) < 4.78 is 51.8. The molecule has 6 heteroatoms. The molecule has 2 nitrogen and oxygen atoms in total. The van der Waals surface area contributed by atoms with Gasteiger partial charge >= 0.3 is 6.18 Å². The molecule has 0 aliphatic heterocycles. The number of likely N-dealkylation sites (N-methyl/N-ethyl adjacent to an activating group) is 1. The molecule has 0 amide bonds. The minimum atomic E-state index is -4.55. The van der Waals surface area contributed by atoms with Crippen molar-refractivity contribution in [2.24, 2.45) is 0 Å². The maximum absolute atomic E-state index is 13.5. The topological polar surface area (TPSA) is 23.5 Å². The first-order valence-electron chi connectivity index (χ1n) is 6.90. The standard InChI is InChI=1S/C15H19F4NO/c1-20(2)13-7-9(3-4-14(13)21)10-5-11(15(17,18)19)8-12(16)6-10/h5-6,8-9,13-14,21H,3-4,7H2,1-2H3/t9-,13-,14-/m0/s1. The van der Waals surface area contributed by atoms with Crippen LogP contribution in [0.1, 0.15) is 36.3 Å². The molecule has 1 aromatic carbocycles. The zero-order valence-electron chi connectivity index (χ0n) is 12.0. The zero-order valence-corrected chi connectivity index (χ0v) is 12.0. The van der Waals surface area contributed by atoms with Crippen molar-refractivity contribution in [1.29, 1.82) is 0 Å². The molecule has 1 fully saturated rings. The maximum Gasteiger partial charge on any atom is 0.416 e. The first-order chi connectivity index (χ1) is 9.68. The predicted molar refractivity (Wildman–Crippen MR) is 71.5 cm³/mol. The van der Waals surface area contributed by atoms with Gasteiger partial charge in [0.2, 0.25) is 0 Å². The van der Waals surface area contributed by atoms with Gasteiger partial charge in [0.15, 0.2) is 0 Å². The van der Waals surface area contributed by atoms with E-state index in [0.29, 0.717) is 30.9 Å². The molecule has 3 atom stereocenters. The molecule has 21 heavy (non-hydrogen) atoms. The van der Waals surface area contributed by atoms with E-state index in [9.17, 15) is 22.7 Å². The lowest BCUT2D eigenvalue weighted by Crippen LogP contribution is -2.43. The monoisotopic (exact) mass is 305 g/mol. The predicted octanol–water partition coefficient (Wildman–Crippen LogP) is 3.40. The van der Waals surface area contributed by atoms with Crippen molar-refractivity contribution in [3.05, 3.63) is 35.1 Å². The van der Waals surface area contributed by atoms with Crippen molar-refractivity contribution >= 4 is 0 Å². The zero-order chi connectivity index (χ0) is 15.8. The van der Waals surface area contributed by atoms with Crippen LogP contribution in [0, 0.1) is 5.82 Å². The van der Waals surface area contributed by atoms with E-state index in [1.807, 2.05) is 19.0 Å². The van der Waals surface area contributed by atoms with Crippen LogP contribution in [-0.2, 0) is 6.18 Å². The lowest BCUT2D eigenvalue weighted by Gasteiger charge is -2.37. The molecule has 0 spiro atoms. The number of halogens is 4. The van der Waals surface area contributed by atoms with Gasteiger partial charge in [0, 0.05) is 6.04 Å². The molecule has 1 aliphatic carbocycles. The van der Waals surface area contributed by atoms with Crippen LogP contribution in [0.3, 0.4) is 0 Å². The number of hydrogen-bond donors (Lipinski definition) is 1. The van der Waals surface area contributed by atoms with Gasteiger partial charge in [-0.2, -0.15) is 13.2 Å². The number of hydrogen-bond acceptors (Lipinski definition) is 2. The Hall–Kier alpha value is -1.14. The van der Waals surface area contributed by atoms with E-state index in [0.717, 1.165) is 6.07 Å². The summed E-state index contributed by atoms with van der Waals surface area (Å²) in [5, 5.41) is 9.95. The molecule has 1 N–H and O–H groups in total. The van der Waals surface area contributed by atoms with Crippen molar-refractivity contribution in [2.45, 2.75) is 43.5 Å². The minimum Gasteiger partial charge on any atom is -0.391 e. The second-order valence-electron chi connectivity index (χ2n) is 5.88. The smallest absolute Gasteiger partial charge is 0.391 e. The van der Waals surface area contributed by atoms with Crippen molar-refractivity contribution in [1.82, 2.24) is 4.90 Å². The molecule has 1 saturated carbocycles. The minimum absolute atomic E-state index is 0.124. The van der Waals surface area contributed by atoms with Gasteiger partial charge < -0.3 is 10.0 Å². The largest absolute Gasteiger partial charge is 0.416 e. The van der Waals surface area contributed by atoms with Gasteiger partial charge in [0.25, 0.3) is 0 Å². The molecule has 0 bridgehead atoms. The third-order valence-corrected chi connectivity index (χ3v) is 4.16. The molecule has 0 saturated heterocycles. The highest BCUT2D eigenvalue weighted by Crippen LogP contribution is 2.38. The quantitative estimate of drug-likeness (QED) is 0.847. The maximum atomic E-state index is 13.5. The lowest BCUT2D eigenvalue weighted by atomic mass is 9.79. The fourth-order valence-corrected chi connectivity index (χ4v) is 3.00. The molecule has 0 heterocycles. The highest BCUT2D eigenvalue weighted by molar-refractivity contribution is 5.30. The SMILES string of the molecule is CN(C)[C@H]1C[C@@H](c2cc(F)cc(C(F)(F)F)c2)CC[C@@H]1O. The number of alkyl halides is 3. The Labute approximate surface area is 121 Å². The van der Waals surface area contributed by atoms with Crippen LogP contribution in [0.5, 0.6) is 0 Å². The Morgan fingerprint density at radius 2 is 1.81 bits per heavy atom. The summed E-state index contributed by atoms with van der Waals surface area (Å²) in [4.78, 5) is 1.86. The Balaban J connectivity index is 2.28. The third-order valence-electron chi connectivity index (χ3n) is 4.16. The van der Waals surface area contributed by atoms with E-state index in [1.165, 1.54) is 6.07 Å². The van der Waals surface area contributed by atoms with Gasteiger partial charge in [-0.15, -0.1) is 0 Å². The summed E-state index contributed by atoms with van der Waals surface area (Å²) in [6.45, 7) is 0. The summed E-state index contributed by atoms with van der Waals surface area (Å²) in [5.74, 6) is -1.04. The second-order valence-corrected chi connectivity index (χ2v) is 5.88. The number of benzene rings is 1. The molecule has 0 aromatic heterocycles. The molecule has 0 radical (unpaired) electrons. The van der Waals surface area contributed by atoms with E-state index in [-0.39, 0.29) is 12.0 Å². The van der Waals surface area contributed by atoms with E-state index < -0.39 is 23.7 Å². The molecule has 118 valence electrons. The fourth-order valence-electron chi connectivity index (χ4n) is 3.00. The number of aliphatic hydroxyl groups is 1.